The Hall–Kier alpha value is -4.08. The first kappa shape index (κ1) is 38.7. The second kappa shape index (κ2) is 18.8. The van der Waals surface area contributed by atoms with Crippen LogP contribution in [-0.4, -0.2) is 27.3 Å². The van der Waals surface area contributed by atoms with Crippen molar-refractivity contribution in [2.75, 3.05) is 37.1 Å². The maximum atomic E-state index is 6.03. The fourth-order valence-corrected chi connectivity index (χ4v) is 5.56. The van der Waals surface area contributed by atoms with E-state index >= 15 is 0 Å². The van der Waals surface area contributed by atoms with E-state index in [4.69, 9.17) is 32.7 Å². The Bertz CT molecular complexity index is 1750. The summed E-state index contributed by atoms with van der Waals surface area (Å²) in [6, 6.07) is 40.5. The number of aromatic nitrogens is 2. The Morgan fingerprint density at radius 1 is 0.440 bits per heavy atom. The molecule has 4 aromatic carbocycles. The largest absolute Gasteiger partial charge is 1.00 e. The van der Waals surface area contributed by atoms with Gasteiger partial charge in [0.15, 0.2) is 37.9 Å². The summed E-state index contributed by atoms with van der Waals surface area (Å²) in [5, 5.41) is 1.47. The van der Waals surface area contributed by atoms with Crippen LogP contribution in [0.1, 0.15) is 11.1 Å². The molecule has 0 N–H and O–H groups in total. The lowest BCUT2D eigenvalue weighted by molar-refractivity contribution is -0.688. The summed E-state index contributed by atoms with van der Waals surface area (Å²) in [6.07, 6.45) is 8.37. The van der Waals surface area contributed by atoms with Gasteiger partial charge in [0.05, 0.1) is 11.4 Å². The molecule has 0 bridgehead atoms. The van der Waals surface area contributed by atoms with Crippen molar-refractivity contribution in [1.82, 2.24) is 0 Å². The molecule has 0 aliphatic rings. The first-order chi connectivity index (χ1) is 23.4. The van der Waals surface area contributed by atoms with Gasteiger partial charge in [0.25, 0.3) is 0 Å². The van der Waals surface area contributed by atoms with Crippen LogP contribution in [0.5, 0.6) is 11.5 Å². The third-order valence-electron chi connectivity index (χ3n) is 8.15. The summed E-state index contributed by atoms with van der Waals surface area (Å²) < 4.78 is 16.2. The summed E-state index contributed by atoms with van der Waals surface area (Å²) in [4.78, 5) is 4.27. The number of rotatable bonds is 13. The zero-order chi connectivity index (χ0) is 33.3. The molecule has 2 aromatic heterocycles. The monoisotopic (exact) mass is 834 g/mol. The molecule has 50 heavy (non-hydrogen) atoms. The maximum absolute atomic E-state index is 6.03. The van der Waals surface area contributed by atoms with E-state index in [1.807, 2.05) is 86.9 Å². The first-order valence-electron chi connectivity index (χ1n) is 15.8. The average Bonchev–Trinajstić information content (AvgIpc) is 3.12. The quantitative estimate of drug-likeness (QED) is 0.133. The second-order valence-corrected chi connectivity index (χ2v) is 12.4. The normalized spacial score (nSPS) is 10.4. The van der Waals surface area contributed by atoms with E-state index in [0.717, 1.165) is 57.4 Å². The van der Waals surface area contributed by atoms with Crippen molar-refractivity contribution < 1.29 is 52.6 Å². The van der Waals surface area contributed by atoms with Crippen LogP contribution in [0.15, 0.2) is 146 Å². The Balaban J connectivity index is 0.00000281. The van der Waals surface area contributed by atoms with Crippen LogP contribution in [0.3, 0.4) is 0 Å². The van der Waals surface area contributed by atoms with Crippen molar-refractivity contribution in [1.29, 1.82) is 0 Å². The zero-order valence-electron chi connectivity index (χ0n) is 27.8. The van der Waals surface area contributed by atoms with E-state index in [9.17, 15) is 0 Å². The molecule has 0 saturated carbocycles. The number of benzene rings is 4. The predicted octanol–water partition coefficient (Wildman–Crippen LogP) is 2.67. The van der Waals surface area contributed by atoms with Crippen molar-refractivity contribution >= 4 is 46.0 Å². The van der Waals surface area contributed by atoms with Crippen molar-refractivity contribution in [2.45, 2.75) is 13.1 Å². The molecule has 0 unspecified atom stereocenters. The Labute approximate surface area is 325 Å². The standard InChI is InChI=1S/C40H38Cl2N4O2.2BrH/c1-43(35-11-7-33(41)8-12-35)37-19-23-45(24-20-37)29-31-3-15-39(16-4-31)47-27-28-48-40-17-5-32(6-18-40)30-46-25-21-38(22-26-46)44(2)36-13-9-34(42)10-14-36;;/h3-26H,27-30H2,1-2H3;2*1H/q+2;;/p-2. The van der Waals surface area contributed by atoms with Crippen LogP contribution >= 0.6 is 23.2 Å². The van der Waals surface area contributed by atoms with Gasteiger partial charge in [-0.25, -0.2) is 9.13 Å². The van der Waals surface area contributed by atoms with Gasteiger partial charge in [-0.15, -0.1) is 0 Å². The number of nitrogens with zero attached hydrogens (tertiary/aromatic N) is 4. The molecule has 0 amide bonds. The van der Waals surface area contributed by atoms with E-state index in [-0.39, 0.29) is 34.0 Å². The molecular weight excluding hydrogens is 799 g/mol. The van der Waals surface area contributed by atoms with Crippen LogP contribution in [0.25, 0.3) is 0 Å². The van der Waals surface area contributed by atoms with Crippen LogP contribution in [0, 0.1) is 0 Å². The minimum absolute atomic E-state index is 0. The van der Waals surface area contributed by atoms with E-state index < -0.39 is 0 Å². The third kappa shape index (κ3) is 10.7. The molecule has 6 nitrogen and oxygen atoms in total. The molecule has 0 spiro atoms. The molecule has 6 rings (SSSR count). The smallest absolute Gasteiger partial charge is 0.173 e. The van der Waals surface area contributed by atoms with Gasteiger partial charge in [0.2, 0.25) is 0 Å². The van der Waals surface area contributed by atoms with Crippen molar-refractivity contribution in [3.8, 4) is 11.5 Å². The van der Waals surface area contributed by atoms with Crippen LogP contribution in [0.2, 0.25) is 10.0 Å². The highest BCUT2D eigenvalue weighted by atomic mass is 79.9. The van der Waals surface area contributed by atoms with Crippen LogP contribution in [0.4, 0.5) is 22.7 Å². The molecule has 10 heteroatoms. The van der Waals surface area contributed by atoms with Crippen molar-refractivity contribution in [2.24, 2.45) is 0 Å². The van der Waals surface area contributed by atoms with Crippen molar-refractivity contribution in [3.63, 3.8) is 0 Å². The number of hydrogen-bond acceptors (Lipinski definition) is 4. The predicted molar refractivity (Wildman–Crippen MR) is 194 cm³/mol. The highest BCUT2D eigenvalue weighted by molar-refractivity contribution is 6.30. The Kier molecular flexibility index (Phi) is 14.5. The van der Waals surface area contributed by atoms with E-state index in [2.05, 4.69) is 92.3 Å². The summed E-state index contributed by atoms with van der Waals surface area (Å²) in [5.74, 6) is 1.65. The van der Waals surface area contributed by atoms with Crippen molar-refractivity contribution in [3.05, 3.63) is 167 Å². The minimum atomic E-state index is 0. The number of ether oxygens (including phenoxy) is 2. The van der Waals surface area contributed by atoms with Gasteiger partial charge in [-0.3, -0.25) is 0 Å². The molecule has 0 aliphatic carbocycles. The summed E-state index contributed by atoms with van der Waals surface area (Å²) in [5.41, 5.74) is 6.78. The zero-order valence-corrected chi connectivity index (χ0v) is 32.5. The lowest BCUT2D eigenvalue weighted by Crippen LogP contribution is -3.00. The lowest BCUT2D eigenvalue weighted by atomic mass is 10.2. The highest BCUT2D eigenvalue weighted by Crippen LogP contribution is 2.25. The van der Waals surface area contributed by atoms with Crippen LogP contribution < -0.4 is 62.4 Å². The van der Waals surface area contributed by atoms with E-state index in [1.54, 1.807) is 0 Å². The van der Waals surface area contributed by atoms with E-state index in [0.29, 0.717) is 13.2 Å². The highest BCUT2D eigenvalue weighted by Gasteiger charge is 2.10. The average molecular weight is 837 g/mol. The molecule has 258 valence electrons. The fourth-order valence-electron chi connectivity index (χ4n) is 5.31. The lowest BCUT2D eigenvalue weighted by Gasteiger charge is -2.18. The number of hydrogen-bond donors (Lipinski definition) is 0. The number of pyridine rings is 2. The van der Waals surface area contributed by atoms with E-state index in [1.165, 1.54) is 11.1 Å². The molecule has 6 aromatic rings. The Morgan fingerprint density at radius 2 is 0.740 bits per heavy atom. The van der Waals surface area contributed by atoms with Gasteiger partial charge in [-0.05, 0) is 97.1 Å². The third-order valence-corrected chi connectivity index (χ3v) is 8.65. The van der Waals surface area contributed by atoms with Gasteiger partial charge in [-0.1, -0.05) is 23.2 Å². The maximum Gasteiger partial charge on any atom is 0.173 e. The summed E-state index contributed by atoms with van der Waals surface area (Å²) in [7, 11) is 4.10. The minimum Gasteiger partial charge on any atom is -1.00 e. The van der Waals surface area contributed by atoms with Gasteiger partial charge >= 0.3 is 0 Å². The second-order valence-electron chi connectivity index (χ2n) is 11.5. The summed E-state index contributed by atoms with van der Waals surface area (Å²) in [6.45, 7) is 2.47. The molecular formula is C40H38Br2Cl2N4O2. The van der Waals surface area contributed by atoms with Crippen LogP contribution in [-0.2, 0) is 13.1 Å². The molecule has 0 radical (unpaired) electrons. The molecule has 0 atom stereocenters. The SMILES string of the molecule is CN(c1ccc(Cl)cc1)c1cc[n+](Cc2ccc(OCCOc3ccc(C[n+]4ccc(N(C)c5ccc(Cl)cc5)cc4)cc3)cc2)cc1.[Br-].[Br-]. The number of halogens is 4. The first-order valence-corrected chi connectivity index (χ1v) is 16.6. The summed E-state index contributed by atoms with van der Waals surface area (Å²) >= 11 is 12.1. The molecule has 2 heterocycles. The fraction of sp³-hybridized carbons (Fsp3) is 0.150. The van der Waals surface area contributed by atoms with Gasteiger partial charge in [0, 0.05) is 70.9 Å². The topological polar surface area (TPSA) is 32.7 Å². The van der Waals surface area contributed by atoms with Gasteiger partial charge in [0.1, 0.15) is 24.7 Å². The molecule has 0 aliphatic heterocycles. The molecule has 0 saturated heterocycles. The Morgan fingerprint density at radius 3 is 1.06 bits per heavy atom. The van der Waals surface area contributed by atoms with Gasteiger partial charge < -0.3 is 53.2 Å². The molecule has 0 fully saturated rings. The number of anilines is 4. The van der Waals surface area contributed by atoms with Gasteiger partial charge in [-0.2, -0.15) is 0 Å².